The van der Waals surface area contributed by atoms with E-state index in [0.29, 0.717) is 0 Å². The van der Waals surface area contributed by atoms with Crippen LogP contribution in [0.3, 0.4) is 0 Å². The van der Waals surface area contributed by atoms with Gasteiger partial charge in [0.05, 0.1) is 7.11 Å². The summed E-state index contributed by atoms with van der Waals surface area (Å²) in [5.41, 5.74) is 8.02. The molecule has 3 N–H and O–H groups in total. The average molecular weight is 387 g/mol. The number of primary amides is 1. The van der Waals surface area contributed by atoms with Crippen molar-refractivity contribution in [3.05, 3.63) is 46.7 Å². The number of ether oxygens (including phenoxy) is 1. The summed E-state index contributed by atoms with van der Waals surface area (Å²) in [5, 5.41) is 3.58. The molecule has 2 aromatic rings. The van der Waals surface area contributed by atoms with Crippen LogP contribution in [0.1, 0.15) is 46.8 Å². The Morgan fingerprint density at radius 3 is 2.82 bits per heavy atom. The summed E-state index contributed by atoms with van der Waals surface area (Å²) in [6.07, 6.45) is 0.928. The molecule has 0 bridgehead atoms. The minimum atomic E-state index is -0.628. The van der Waals surface area contributed by atoms with Gasteiger partial charge in [-0.05, 0) is 44.9 Å². The number of anilines is 1. The van der Waals surface area contributed by atoms with Crippen LogP contribution in [0.15, 0.2) is 18.2 Å². The number of halogens is 1. The molecule has 1 aliphatic heterocycles. The minimum Gasteiger partial charge on any atom is -0.494 e. The number of carbonyl (C=O) groups excluding carboxylic acids is 1. The molecule has 1 fully saturated rings. The van der Waals surface area contributed by atoms with Gasteiger partial charge >= 0.3 is 0 Å². The second kappa shape index (κ2) is 8.10. The van der Waals surface area contributed by atoms with Crippen LogP contribution < -0.4 is 20.7 Å². The second-order valence-corrected chi connectivity index (χ2v) is 7.16. The fourth-order valence-corrected chi connectivity index (χ4v) is 3.52. The van der Waals surface area contributed by atoms with Crippen LogP contribution in [0, 0.1) is 19.7 Å². The number of methoxy groups -OCH3 is 1. The van der Waals surface area contributed by atoms with Gasteiger partial charge in [-0.25, -0.2) is 14.4 Å². The van der Waals surface area contributed by atoms with E-state index < -0.39 is 5.91 Å². The molecule has 3 rings (SSSR count). The lowest BCUT2D eigenvalue weighted by molar-refractivity contribution is 0.0990. The Bertz CT molecular complexity index is 889. The Balaban J connectivity index is 1.71. The zero-order chi connectivity index (χ0) is 20.4. The molecule has 2 heterocycles. The number of benzene rings is 1. The zero-order valence-corrected chi connectivity index (χ0v) is 16.6. The number of aromatic nitrogens is 2. The van der Waals surface area contributed by atoms with Gasteiger partial charge < -0.3 is 20.7 Å². The normalized spacial score (nSPS) is 17.6. The third-order valence-electron chi connectivity index (χ3n) is 5.23. The van der Waals surface area contributed by atoms with Gasteiger partial charge in [0.2, 0.25) is 5.82 Å². The number of amides is 1. The summed E-state index contributed by atoms with van der Waals surface area (Å²) in [5.74, 6) is 0.0377. The maximum Gasteiger partial charge on any atom is 0.286 e. The number of hydrogen-bond acceptors (Lipinski definition) is 6. The summed E-state index contributed by atoms with van der Waals surface area (Å²) >= 11 is 0. The number of nitrogens with one attached hydrogen (secondary N) is 1. The molecule has 1 amide bonds. The predicted octanol–water partition coefficient (Wildman–Crippen LogP) is 2.27. The van der Waals surface area contributed by atoms with Crippen LogP contribution in [-0.2, 0) is 0 Å². The third kappa shape index (κ3) is 4.06. The van der Waals surface area contributed by atoms with Crippen LogP contribution in [0.5, 0.6) is 5.75 Å². The monoisotopic (exact) mass is 387 g/mol. The van der Waals surface area contributed by atoms with Crippen LogP contribution in [0.2, 0.25) is 0 Å². The molecule has 1 aromatic carbocycles. The number of rotatable bonds is 6. The first-order valence-corrected chi connectivity index (χ1v) is 9.29. The van der Waals surface area contributed by atoms with Crippen molar-refractivity contribution in [3.63, 3.8) is 0 Å². The van der Waals surface area contributed by atoms with Crippen molar-refractivity contribution in [1.82, 2.24) is 15.3 Å². The molecule has 7 nitrogen and oxygen atoms in total. The van der Waals surface area contributed by atoms with Gasteiger partial charge in [-0.15, -0.1) is 0 Å². The van der Waals surface area contributed by atoms with E-state index in [-0.39, 0.29) is 29.5 Å². The smallest absolute Gasteiger partial charge is 0.286 e. The first-order valence-electron chi connectivity index (χ1n) is 9.29. The maximum atomic E-state index is 13.6. The quantitative estimate of drug-likeness (QED) is 0.790. The molecular formula is C20H26FN5O2. The van der Waals surface area contributed by atoms with Crippen LogP contribution in [0.4, 0.5) is 10.2 Å². The van der Waals surface area contributed by atoms with Crippen molar-refractivity contribution >= 4 is 11.7 Å². The summed E-state index contributed by atoms with van der Waals surface area (Å²) in [4.78, 5) is 22.2. The highest BCUT2D eigenvalue weighted by Gasteiger charge is 2.27. The van der Waals surface area contributed by atoms with E-state index in [9.17, 15) is 9.18 Å². The lowest BCUT2D eigenvalue weighted by Gasteiger charge is -2.23. The van der Waals surface area contributed by atoms with Gasteiger partial charge in [-0.3, -0.25) is 4.79 Å². The fourth-order valence-electron chi connectivity index (χ4n) is 3.52. The van der Waals surface area contributed by atoms with Gasteiger partial charge in [-0.2, -0.15) is 0 Å². The van der Waals surface area contributed by atoms with E-state index >= 15 is 0 Å². The van der Waals surface area contributed by atoms with Gasteiger partial charge in [0.15, 0.2) is 11.6 Å². The number of carbonyl (C=O) groups is 1. The number of nitrogens with two attached hydrogens (primary N) is 1. The summed E-state index contributed by atoms with van der Waals surface area (Å²) < 4.78 is 18.7. The van der Waals surface area contributed by atoms with Gasteiger partial charge in [-0.1, -0.05) is 6.07 Å². The second-order valence-electron chi connectivity index (χ2n) is 7.16. The Kier molecular flexibility index (Phi) is 5.79. The first-order chi connectivity index (χ1) is 13.3. The molecule has 8 heteroatoms. The average Bonchev–Trinajstić information content (AvgIpc) is 3.12. The lowest BCUT2D eigenvalue weighted by Crippen LogP contribution is -2.35. The molecular weight excluding hydrogens is 361 g/mol. The molecule has 2 atom stereocenters. The van der Waals surface area contributed by atoms with Crippen LogP contribution in [0.25, 0.3) is 0 Å². The Labute approximate surface area is 164 Å². The van der Waals surface area contributed by atoms with E-state index in [1.54, 1.807) is 12.1 Å². The lowest BCUT2D eigenvalue weighted by atomic mass is 10.1. The molecule has 1 saturated heterocycles. The zero-order valence-electron chi connectivity index (χ0n) is 16.6. The predicted molar refractivity (Wildman–Crippen MR) is 105 cm³/mol. The Morgan fingerprint density at radius 2 is 2.14 bits per heavy atom. The molecule has 0 radical (unpaired) electrons. The highest BCUT2D eigenvalue weighted by atomic mass is 19.1. The molecule has 150 valence electrons. The summed E-state index contributed by atoms with van der Waals surface area (Å²) in [7, 11) is 1.46. The summed E-state index contributed by atoms with van der Waals surface area (Å²) in [6.45, 7) is 7.40. The Morgan fingerprint density at radius 1 is 1.39 bits per heavy atom. The minimum absolute atomic E-state index is 0.0360. The van der Waals surface area contributed by atoms with Crippen molar-refractivity contribution in [2.45, 2.75) is 39.3 Å². The molecule has 0 spiro atoms. The van der Waals surface area contributed by atoms with Crippen molar-refractivity contribution < 1.29 is 13.9 Å². The standard InChI is InChI=1S/C20H26FN5O2/c1-11-12(2)24-19(18(22)27)25-20(11)26-8-7-15(10-26)23-13(3)14-5-6-16(21)17(9-14)28-4/h5-6,9,13,15,23H,7-8,10H2,1-4H3,(H2,22,27)/t13?,15-/m1/s1. The third-order valence-corrected chi connectivity index (χ3v) is 5.23. The van der Waals surface area contributed by atoms with E-state index in [0.717, 1.165) is 42.1 Å². The van der Waals surface area contributed by atoms with Crippen LogP contribution in [-0.4, -0.2) is 42.1 Å². The number of nitrogens with zero attached hydrogens (tertiary/aromatic N) is 3. The molecule has 1 aromatic heterocycles. The van der Waals surface area contributed by atoms with E-state index in [1.807, 2.05) is 20.8 Å². The molecule has 1 unspecified atom stereocenters. The molecule has 1 aliphatic rings. The van der Waals surface area contributed by atoms with Crippen LogP contribution >= 0.6 is 0 Å². The van der Waals surface area contributed by atoms with E-state index in [1.165, 1.54) is 13.2 Å². The summed E-state index contributed by atoms with van der Waals surface area (Å²) in [6, 6.07) is 5.17. The van der Waals surface area contributed by atoms with Crippen molar-refractivity contribution in [1.29, 1.82) is 0 Å². The Hall–Kier alpha value is -2.74. The molecule has 0 saturated carbocycles. The number of hydrogen-bond donors (Lipinski definition) is 2. The van der Waals surface area contributed by atoms with Gasteiger partial charge in [0, 0.05) is 36.4 Å². The highest BCUT2D eigenvalue weighted by Crippen LogP contribution is 2.26. The maximum absolute atomic E-state index is 13.6. The highest BCUT2D eigenvalue weighted by molar-refractivity contribution is 5.89. The van der Waals surface area contributed by atoms with E-state index in [4.69, 9.17) is 10.5 Å². The van der Waals surface area contributed by atoms with Crippen molar-refractivity contribution in [3.8, 4) is 5.75 Å². The molecule has 28 heavy (non-hydrogen) atoms. The SMILES string of the molecule is COc1cc(C(C)N[C@@H]2CCN(c3nc(C(N)=O)nc(C)c3C)C2)ccc1F. The van der Waals surface area contributed by atoms with Crippen molar-refractivity contribution in [2.24, 2.45) is 5.73 Å². The topological polar surface area (TPSA) is 93.4 Å². The van der Waals surface area contributed by atoms with Crippen molar-refractivity contribution in [2.75, 3.05) is 25.1 Å². The first kappa shape index (κ1) is 20.0. The van der Waals surface area contributed by atoms with Gasteiger partial charge in [0.1, 0.15) is 5.82 Å². The molecule has 0 aliphatic carbocycles. The number of aryl methyl sites for hydroxylation is 1. The largest absolute Gasteiger partial charge is 0.494 e. The van der Waals surface area contributed by atoms with E-state index in [2.05, 4.69) is 20.2 Å². The van der Waals surface area contributed by atoms with Gasteiger partial charge in [0.25, 0.3) is 5.91 Å². The fraction of sp³-hybridized carbons (Fsp3) is 0.450.